The molecule has 0 saturated heterocycles. The van der Waals surface area contributed by atoms with Gasteiger partial charge < -0.3 is 10.1 Å². The average molecular weight is 418 g/mol. The molecule has 0 fully saturated rings. The van der Waals surface area contributed by atoms with Gasteiger partial charge in [0.15, 0.2) is 6.61 Å². The molecule has 0 unspecified atom stereocenters. The van der Waals surface area contributed by atoms with E-state index >= 15 is 0 Å². The molecule has 2 aromatic carbocycles. The predicted molar refractivity (Wildman–Crippen MR) is 111 cm³/mol. The van der Waals surface area contributed by atoms with Crippen molar-refractivity contribution in [3.05, 3.63) is 63.1 Å². The SMILES string of the molecule is Cc1cc(OCC(=O)N[C@H](C)c2ccc(C(C)(C)C)cc2)cc(C)c1Br. The molecule has 2 aromatic rings. The highest BCUT2D eigenvalue weighted by Gasteiger charge is 2.15. The van der Waals surface area contributed by atoms with Gasteiger partial charge in [-0.2, -0.15) is 0 Å². The molecular formula is C22H28BrNO2. The number of carbonyl (C=O) groups is 1. The molecule has 26 heavy (non-hydrogen) atoms. The lowest BCUT2D eigenvalue weighted by molar-refractivity contribution is -0.123. The number of nitrogens with one attached hydrogen (secondary N) is 1. The minimum Gasteiger partial charge on any atom is -0.484 e. The molecule has 0 aliphatic heterocycles. The maximum absolute atomic E-state index is 12.2. The van der Waals surface area contributed by atoms with Gasteiger partial charge in [0.1, 0.15) is 5.75 Å². The van der Waals surface area contributed by atoms with Gasteiger partial charge in [-0.15, -0.1) is 0 Å². The third-order valence-electron chi connectivity index (χ3n) is 4.43. The van der Waals surface area contributed by atoms with E-state index in [1.54, 1.807) is 0 Å². The van der Waals surface area contributed by atoms with Gasteiger partial charge in [-0.1, -0.05) is 61.0 Å². The van der Waals surface area contributed by atoms with Crippen LogP contribution in [0.3, 0.4) is 0 Å². The van der Waals surface area contributed by atoms with E-state index < -0.39 is 0 Å². The number of ether oxygens (including phenoxy) is 1. The van der Waals surface area contributed by atoms with Gasteiger partial charge in [0, 0.05) is 4.47 Å². The van der Waals surface area contributed by atoms with Crippen LogP contribution in [0, 0.1) is 13.8 Å². The van der Waals surface area contributed by atoms with Crippen LogP contribution in [0.25, 0.3) is 0 Å². The van der Waals surface area contributed by atoms with Crippen molar-refractivity contribution < 1.29 is 9.53 Å². The summed E-state index contributed by atoms with van der Waals surface area (Å²) in [5, 5.41) is 2.99. The number of carbonyl (C=O) groups excluding carboxylic acids is 1. The van der Waals surface area contributed by atoms with Crippen LogP contribution in [0.15, 0.2) is 40.9 Å². The first-order valence-corrected chi connectivity index (χ1v) is 9.66. The van der Waals surface area contributed by atoms with Gasteiger partial charge in [0.2, 0.25) is 0 Å². The molecule has 1 N–H and O–H groups in total. The Morgan fingerprint density at radius 1 is 1.12 bits per heavy atom. The molecule has 0 aliphatic rings. The average Bonchev–Trinajstić information content (AvgIpc) is 2.57. The Morgan fingerprint density at radius 2 is 1.65 bits per heavy atom. The molecule has 140 valence electrons. The fourth-order valence-corrected chi connectivity index (χ4v) is 3.01. The topological polar surface area (TPSA) is 38.3 Å². The Bertz CT molecular complexity index is 753. The first-order valence-electron chi connectivity index (χ1n) is 8.87. The Balaban J connectivity index is 1.93. The summed E-state index contributed by atoms with van der Waals surface area (Å²) >= 11 is 3.53. The summed E-state index contributed by atoms with van der Waals surface area (Å²) in [5.74, 6) is 0.580. The van der Waals surface area contributed by atoms with Crippen molar-refractivity contribution in [2.45, 2.75) is 53.0 Å². The minimum absolute atomic E-state index is 0.00489. The largest absolute Gasteiger partial charge is 0.484 e. The summed E-state index contributed by atoms with van der Waals surface area (Å²) in [7, 11) is 0. The molecular weight excluding hydrogens is 390 g/mol. The second-order valence-corrected chi connectivity index (χ2v) is 8.61. The van der Waals surface area contributed by atoms with Crippen LogP contribution in [-0.4, -0.2) is 12.5 Å². The molecule has 4 heteroatoms. The van der Waals surface area contributed by atoms with Crippen molar-refractivity contribution in [1.29, 1.82) is 0 Å². The molecule has 0 bridgehead atoms. The monoisotopic (exact) mass is 417 g/mol. The lowest BCUT2D eigenvalue weighted by Gasteiger charge is -2.21. The van der Waals surface area contributed by atoms with Crippen molar-refractivity contribution in [2.75, 3.05) is 6.61 Å². The second kappa shape index (κ2) is 8.26. The molecule has 0 heterocycles. The molecule has 0 saturated carbocycles. The maximum atomic E-state index is 12.2. The van der Waals surface area contributed by atoms with Crippen molar-refractivity contribution in [2.24, 2.45) is 0 Å². The van der Waals surface area contributed by atoms with E-state index in [4.69, 9.17) is 4.74 Å². The lowest BCUT2D eigenvalue weighted by Crippen LogP contribution is -2.31. The zero-order chi connectivity index (χ0) is 19.5. The van der Waals surface area contributed by atoms with Crippen molar-refractivity contribution >= 4 is 21.8 Å². The Morgan fingerprint density at radius 3 is 2.15 bits per heavy atom. The Labute approximate surface area is 165 Å². The number of hydrogen-bond acceptors (Lipinski definition) is 2. The molecule has 0 spiro atoms. The van der Waals surface area contributed by atoms with E-state index in [1.165, 1.54) is 5.56 Å². The minimum atomic E-state index is -0.129. The summed E-state index contributed by atoms with van der Waals surface area (Å²) < 4.78 is 6.72. The number of hydrogen-bond donors (Lipinski definition) is 1. The van der Waals surface area contributed by atoms with Crippen LogP contribution in [0.5, 0.6) is 5.75 Å². The third kappa shape index (κ3) is 5.34. The summed E-state index contributed by atoms with van der Waals surface area (Å²) in [6.45, 7) is 12.6. The van der Waals surface area contributed by atoms with E-state index in [2.05, 4.69) is 66.3 Å². The highest BCUT2D eigenvalue weighted by molar-refractivity contribution is 9.10. The summed E-state index contributed by atoms with van der Waals surface area (Å²) in [6.07, 6.45) is 0. The fourth-order valence-electron chi connectivity index (χ4n) is 2.78. The van der Waals surface area contributed by atoms with Gasteiger partial charge in [-0.25, -0.2) is 0 Å². The molecule has 0 aromatic heterocycles. The number of halogens is 1. The van der Waals surface area contributed by atoms with E-state index in [1.807, 2.05) is 32.9 Å². The number of amides is 1. The standard InChI is InChI=1S/C22H28BrNO2/c1-14-11-19(12-15(2)21(14)23)26-13-20(25)24-16(3)17-7-9-18(10-8-17)22(4,5)6/h7-12,16H,13H2,1-6H3,(H,24,25)/t16-/m1/s1. The van der Waals surface area contributed by atoms with E-state index in [9.17, 15) is 4.79 Å². The molecule has 1 amide bonds. The van der Waals surface area contributed by atoms with Crippen LogP contribution in [0.2, 0.25) is 0 Å². The highest BCUT2D eigenvalue weighted by Crippen LogP contribution is 2.26. The van der Waals surface area contributed by atoms with Gasteiger partial charge in [0.25, 0.3) is 5.91 Å². The second-order valence-electron chi connectivity index (χ2n) is 7.82. The summed E-state index contributed by atoms with van der Waals surface area (Å²) in [4.78, 5) is 12.2. The maximum Gasteiger partial charge on any atom is 0.258 e. The van der Waals surface area contributed by atoms with E-state index in [-0.39, 0.29) is 24.0 Å². The lowest BCUT2D eigenvalue weighted by atomic mass is 9.86. The highest BCUT2D eigenvalue weighted by atomic mass is 79.9. The van der Waals surface area contributed by atoms with Crippen LogP contribution in [0.1, 0.15) is 56.0 Å². The van der Waals surface area contributed by atoms with Crippen LogP contribution in [-0.2, 0) is 10.2 Å². The van der Waals surface area contributed by atoms with E-state index in [0.717, 1.165) is 21.2 Å². The predicted octanol–water partition coefficient (Wildman–Crippen LogP) is 5.62. The van der Waals surface area contributed by atoms with Gasteiger partial charge >= 0.3 is 0 Å². The Kier molecular flexibility index (Phi) is 6.51. The molecule has 2 rings (SSSR count). The summed E-state index contributed by atoms with van der Waals surface area (Å²) in [5.41, 5.74) is 4.67. The van der Waals surface area contributed by atoms with Crippen molar-refractivity contribution in [3.8, 4) is 5.75 Å². The van der Waals surface area contributed by atoms with Gasteiger partial charge in [0.05, 0.1) is 6.04 Å². The first kappa shape index (κ1) is 20.5. The fraction of sp³-hybridized carbons (Fsp3) is 0.409. The molecule has 3 nitrogen and oxygen atoms in total. The van der Waals surface area contributed by atoms with Crippen molar-refractivity contribution in [3.63, 3.8) is 0 Å². The summed E-state index contributed by atoms with van der Waals surface area (Å²) in [6, 6.07) is 12.2. The van der Waals surface area contributed by atoms with Crippen LogP contribution >= 0.6 is 15.9 Å². The zero-order valence-corrected chi connectivity index (χ0v) is 18.0. The molecule has 1 atom stereocenters. The number of benzene rings is 2. The number of aryl methyl sites for hydroxylation is 2. The first-order chi connectivity index (χ1) is 12.1. The van der Waals surface area contributed by atoms with Crippen LogP contribution in [0.4, 0.5) is 0 Å². The quantitative estimate of drug-likeness (QED) is 0.685. The smallest absolute Gasteiger partial charge is 0.258 e. The normalized spacial score (nSPS) is 12.6. The molecule has 0 aliphatic carbocycles. The molecule has 0 radical (unpaired) electrons. The van der Waals surface area contributed by atoms with E-state index in [0.29, 0.717) is 5.75 Å². The van der Waals surface area contributed by atoms with Crippen molar-refractivity contribution in [1.82, 2.24) is 5.32 Å². The number of rotatable bonds is 5. The third-order valence-corrected chi connectivity index (χ3v) is 5.68. The van der Waals surface area contributed by atoms with Gasteiger partial charge in [-0.3, -0.25) is 4.79 Å². The van der Waals surface area contributed by atoms with Gasteiger partial charge in [-0.05, 0) is 60.6 Å². The Hall–Kier alpha value is -1.81. The zero-order valence-electron chi connectivity index (χ0n) is 16.4. The van der Waals surface area contributed by atoms with Crippen LogP contribution < -0.4 is 10.1 Å².